The van der Waals surface area contributed by atoms with E-state index in [1.807, 2.05) is 13.8 Å². The number of ether oxygens (including phenoxy) is 2. The summed E-state index contributed by atoms with van der Waals surface area (Å²) in [6, 6.07) is 10.9. The topological polar surface area (TPSA) is 411 Å². The van der Waals surface area contributed by atoms with Crippen LogP contribution in [0.1, 0.15) is 65.6 Å². The fourth-order valence-corrected chi connectivity index (χ4v) is 13.1. The molecule has 1 fully saturated rings. The van der Waals surface area contributed by atoms with Gasteiger partial charge >= 0.3 is 35.1 Å². The summed E-state index contributed by atoms with van der Waals surface area (Å²) in [7, 11) is -19.5. The van der Waals surface area contributed by atoms with E-state index in [0.29, 0.717) is 5.56 Å². The standard InChI is InChI=1S/C37H42N5O20P3S3/c1-18-24(38)8-6-21-31(22-7-9-25(39)34(68(54,55)56)33(22)60-32(18)21)20-5-4-19(14-23(20)35(44)45)26(43)10-12-37(2,3)67-66-17-57-27-15-30(42-13-11-29(40)41-36(42)46)59-28(27)16-58-64(50,51)62-65(52,53)61-63(47,48)49/h4-9,11,13-14,27-28,30,38H,10,12,15-17,39H2,1-3H3,(H,44,45)(H,50,51)(H,52,53)(H2,40,41,46)(H2,47,48,49)(H,54,55,56)/t27?,28-,30-/m1/s1. The molecule has 11 N–H and O–H groups in total. The summed E-state index contributed by atoms with van der Waals surface area (Å²) in [4.78, 5) is 79.1. The number of nitrogen functional groups attached to an aromatic ring is 2. The fraction of sp³-hybridized carbons (Fsp3) is 0.324. The van der Waals surface area contributed by atoms with Gasteiger partial charge in [0, 0.05) is 51.4 Å². The number of carboxylic acid groups (broad SMARTS) is 1. The molecule has 3 heterocycles. The van der Waals surface area contributed by atoms with Gasteiger partial charge in [-0.1, -0.05) is 33.7 Å². The second-order valence-corrected chi connectivity index (χ2v) is 24.2. The van der Waals surface area contributed by atoms with E-state index in [0.717, 1.165) is 4.57 Å². The van der Waals surface area contributed by atoms with E-state index >= 15 is 0 Å². The van der Waals surface area contributed by atoms with E-state index < -0.39 is 85.7 Å². The van der Waals surface area contributed by atoms with Crippen LogP contribution in [0, 0.1) is 12.3 Å². The van der Waals surface area contributed by atoms with Crippen molar-refractivity contribution >= 4 is 89.4 Å². The molecule has 3 unspecified atom stereocenters. The Bertz CT molecular complexity index is 3160. The number of anilines is 2. The van der Waals surface area contributed by atoms with Crippen molar-refractivity contribution in [2.75, 3.05) is 24.0 Å². The van der Waals surface area contributed by atoms with E-state index in [2.05, 4.69) is 13.6 Å². The van der Waals surface area contributed by atoms with Crippen LogP contribution >= 0.6 is 45.1 Å². The molecule has 368 valence electrons. The zero-order valence-electron chi connectivity index (χ0n) is 35.5. The first-order chi connectivity index (χ1) is 31.5. The zero-order chi connectivity index (χ0) is 50.3. The number of hydrogen-bond donors (Lipinski definition) is 9. The number of hydrogen-bond acceptors (Lipinski definition) is 20. The molecule has 1 saturated heterocycles. The van der Waals surface area contributed by atoms with Crippen molar-refractivity contribution in [3.05, 3.63) is 87.3 Å². The van der Waals surface area contributed by atoms with Crippen LogP contribution in [0.4, 0.5) is 11.5 Å². The van der Waals surface area contributed by atoms with Crippen LogP contribution in [0.15, 0.2) is 68.8 Å². The molecule has 5 atom stereocenters. The largest absolute Gasteiger partial charge is 0.490 e. The predicted molar refractivity (Wildman–Crippen MR) is 244 cm³/mol. The minimum Gasteiger partial charge on any atom is -0.478 e. The van der Waals surface area contributed by atoms with Crippen LogP contribution in [0.2, 0.25) is 0 Å². The maximum Gasteiger partial charge on any atom is 0.490 e. The minimum atomic E-state index is -5.82. The van der Waals surface area contributed by atoms with Gasteiger partial charge in [0.1, 0.15) is 29.8 Å². The zero-order valence-corrected chi connectivity index (χ0v) is 40.6. The van der Waals surface area contributed by atoms with Gasteiger partial charge in [-0.25, -0.2) is 23.3 Å². The van der Waals surface area contributed by atoms with Gasteiger partial charge in [0.25, 0.3) is 10.1 Å². The number of aromatic carboxylic acids is 1. The highest BCUT2D eigenvalue weighted by Gasteiger charge is 2.44. The molecule has 2 aliphatic heterocycles. The van der Waals surface area contributed by atoms with Gasteiger partial charge in [-0.2, -0.15) is 22.0 Å². The molecular weight excluding hydrogens is 1020 g/mol. The number of ketones is 1. The highest BCUT2D eigenvalue weighted by atomic mass is 33.1. The summed E-state index contributed by atoms with van der Waals surface area (Å²) < 4.78 is 101. The summed E-state index contributed by atoms with van der Waals surface area (Å²) in [5.41, 5.74) is 10.6. The lowest BCUT2D eigenvalue weighted by atomic mass is 9.88. The third-order valence-electron chi connectivity index (χ3n) is 10.1. The van der Waals surface area contributed by atoms with Gasteiger partial charge in [-0.15, -0.1) is 0 Å². The van der Waals surface area contributed by atoms with E-state index in [1.165, 1.54) is 76.3 Å². The van der Waals surface area contributed by atoms with Gasteiger partial charge < -0.3 is 55.4 Å². The van der Waals surface area contributed by atoms with E-state index in [9.17, 15) is 55.9 Å². The molecule has 0 bridgehead atoms. The Morgan fingerprint density at radius 1 is 1.01 bits per heavy atom. The van der Waals surface area contributed by atoms with Crippen molar-refractivity contribution in [3.63, 3.8) is 0 Å². The number of rotatable bonds is 20. The number of nitrogens with two attached hydrogens (primary N) is 2. The maximum atomic E-state index is 13.7. The second kappa shape index (κ2) is 20.2. The van der Waals surface area contributed by atoms with Gasteiger partial charge in [0.05, 0.1) is 29.3 Å². The highest BCUT2D eigenvalue weighted by Crippen LogP contribution is 2.66. The number of phosphoric acid groups is 3. The third-order valence-corrected chi connectivity index (χ3v) is 17.9. The highest BCUT2D eigenvalue weighted by molar-refractivity contribution is 8.77. The average molecular weight is 1070 g/mol. The molecule has 0 saturated carbocycles. The molecule has 6 rings (SSSR count). The molecule has 25 nitrogen and oxygen atoms in total. The lowest BCUT2D eigenvalue weighted by Gasteiger charge is -2.24. The summed E-state index contributed by atoms with van der Waals surface area (Å²) in [5.74, 6) is -1.96. The van der Waals surface area contributed by atoms with Crippen LogP contribution < -0.4 is 22.5 Å². The number of nitrogens with one attached hydrogen (secondary N) is 1. The normalized spacial score (nSPS) is 18.7. The molecule has 0 amide bonds. The lowest BCUT2D eigenvalue weighted by Crippen LogP contribution is -2.29. The van der Waals surface area contributed by atoms with E-state index in [1.54, 1.807) is 6.92 Å². The van der Waals surface area contributed by atoms with Crippen LogP contribution in [0.3, 0.4) is 0 Å². The number of carbonyl (C=O) groups excluding carboxylic acids is 1. The number of carbonyl (C=O) groups is 2. The van der Waals surface area contributed by atoms with E-state index in [4.69, 9.17) is 45.1 Å². The van der Waals surface area contributed by atoms with Crippen LogP contribution in [0.25, 0.3) is 33.4 Å². The summed E-state index contributed by atoms with van der Waals surface area (Å²) in [6.45, 7) is 4.34. The Morgan fingerprint density at radius 3 is 2.35 bits per heavy atom. The number of carboxylic acids is 1. The molecule has 68 heavy (non-hydrogen) atoms. The first kappa shape index (κ1) is 53.0. The van der Waals surface area contributed by atoms with Gasteiger partial charge in [0.2, 0.25) is 0 Å². The van der Waals surface area contributed by atoms with Crippen molar-refractivity contribution in [1.82, 2.24) is 9.55 Å². The summed E-state index contributed by atoms with van der Waals surface area (Å²) in [5, 5.41) is 18.9. The summed E-state index contributed by atoms with van der Waals surface area (Å²) >= 11 is 0. The van der Waals surface area contributed by atoms with Crippen molar-refractivity contribution < 1.29 is 88.0 Å². The first-order valence-corrected chi connectivity index (χ1v) is 27.7. The maximum absolute atomic E-state index is 13.7. The molecule has 2 aromatic carbocycles. The lowest BCUT2D eigenvalue weighted by molar-refractivity contribution is -0.0543. The summed E-state index contributed by atoms with van der Waals surface area (Å²) in [6.07, 6.45) is -1.88. The number of fused-ring (bicyclic) bond motifs is 2. The Hall–Kier alpha value is -4.31. The molecule has 0 spiro atoms. The number of aromatic nitrogens is 2. The molecule has 31 heteroatoms. The monoisotopic (exact) mass is 1070 g/mol. The SMILES string of the molecule is Cc1c2oc3c(S(=O)(=O)O)c(N)ccc3c(-c3ccc(C(=O)CCC(C)(C)SSCOC4C[C@H](n5ccc(N)nc5=O)O[C@@H]4COP(=O)(O)OP(=O)(O)OP(=O)(O)O)cc3C(=O)O)c-2ccc1=N. The van der Waals surface area contributed by atoms with Crippen LogP contribution in [0.5, 0.6) is 0 Å². The molecule has 1 aromatic heterocycles. The van der Waals surface area contributed by atoms with Crippen molar-refractivity contribution in [3.8, 4) is 22.5 Å². The third kappa shape index (κ3) is 12.7. The number of Topliss-reactive ketones (excluding diaryl/α,β-unsaturated/α-hetero) is 1. The predicted octanol–water partition coefficient (Wildman–Crippen LogP) is 5.46. The second-order valence-electron chi connectivity index (χ2n) is 15.5. The first-order valence-electron chi connectivity index (χ1n) is 19.4. The van der Waals surface area contributed by atoms with Crippen LogP contribution in [-0.4, -0.2) is 88.5 Å². The Balaban J connectivity index is 1.15. The Labute approximate surface area is 392 Å². The van der Waals surface area contributed by atoms with Gasteiger partial charge in [-0.05, 0) is 69.2 Å². The van der Waals surface area contributed by atoms with Crippen molar-refractivity contribution in [1.29, 1.82) is 5.41 Å². The van der Waals surface area contributed by atoms with Gasteiger partial charge in [-0.3, -0.25) is 18.4 Å². The number of nitrogens with zero attached hydrogens (tertiary/aromatic N) is 2. The smallest absolute Gasteiger partial charge is 0.478 e. The Kier molecular flexibility index (Phi) is 15.8. The van der Waals surface area contributed by atoms with E-state index in [-0.39, 0.29) is 86.6 Å². The van der Waals surface area contributed by atoms with Crippen LogP contribution in [-0.2, 0) is 46.4 Å². The van der Waals surface area contributed by atoms with Gasteiger partial charge in [0.15, 0.2) is 16.3 Å². The number of benzene rings is 3. The minimum absolute atomic E-state index is 0.0292. The molecular formula is C37H42N5O20P3S3. The molecule has 1 aliphatic carbocycles. The molecule has 3 aliphatic rings. The number of phosphoric ester groups is 1. The quantitative estimate of drug-likeness (QED) is 0.00683. The Morgan fingerprint density at radius 2 is 1.71 bits per heavy atom. The molecule has 3 aromatic rings. The fourth-order valence-electron chi connectivity index (χ4n) is 7.02. The van der Waals surface area contributed by atoms with Crippen molar-refractivity contribution in [2.45, 2.75) is 68.1 Å². The van der Waals surface area contributed by atoms with Crippen molar-refractivity contribution in [2.24, 2.45) is 0 Å². The average Bonchev–Trinajstić information content (AvgIpc) is 3.61. The molecule has 0 radical (unpaired) electrons.